The normalized spacial score (nSPS) is 11.2. The molecule has 0 radical (unpaired) electrons. The topological polar surface area (TPSA) is 49.8 Å². The second-order valence-corrected chi connectivity index (χ2v) is 6.81. The van der Waals surface area contributed by atoms with Crippen molar-refractivity contribution in [1.29, 1.82) is 0 Å². The molecule has 0 saturated heterocycles. The summed E-state index contributed by atoms with van der Waals surface area (Å²) in [6.07, 6.45) is 0. The first kappa shape index (κ1) is 22.8. The van der Waals surface area contributed by atoms with E-state index >= 15 is 0 Å². The molecular formula is C18H26FIN4OS. The van der Waals surface area contributed by atoms with Gasteiger partial charge in [0.25, 0.3) is 0 Å². The Morgan fingerprint density at radius 2 is 2.19 bits per heavy atom. The van der Waals surface area contributed by atoms with Gasteiger partial charge in [-0.05, 0) is 31.5 Å². The minimum atomic E-state index is -0.252. The molecule has 0 aliphatic heterocycles. The van der Waals surface area contributed by atoms with Gasteiger partial charge in [-0.25, -0.2) is 14.4 Å². The average molecular weight is 492 g/mol. The van der Waals surface area contributed by atoms with Crippen molar-refractivity contribution in [3.63, 3.8) is 0 Å². The number of nitrogens with zero attached hydrogens (tertiary/aromatic N) is 3. The summed E-state index contributed by atoms with van der Waals surface area (Å²) >= 11 is 1.64. The maximum absolute atomic E-state index is 13.7. The summed E-state index contributed by atoms with van der Waals surface area (Å²) in [6.45, 7) is 6.23. The molecule has 0 unspecified atom stereocenters. The molecule has 8 heteroatoms. The van der Waals surface area contributed by atoms with Crippen LogP contribution in [0.15, 0.2) is 28.6 Å². The number of nitrogens with one attached hydrogen (secondary N) is 1. The van der Waals surface area contributed by atoms with Crippen LogP contribution in [0.2, 0.25) is 0 Å². The molecule has 0 bridgehead atoms. The standard InChI is InChI=1S/C18H25FN4OS.HI/c1-5-20-18(23(3)10-16-12-25-13(2)22-16)21-9-14-6-7-17(19)15(8-14)11-24-4;/h6-8,12H,5,9-11H2,1-4H3,(H,20,21);1H. The lowest BCUT2D eigenvalue weighted by Crippen LogP contribution is -2.38. The van der Waals surface area contributed by atoms with E-state index in [1.54, 1.807) is 30.6 Å². The zero-order chi connectivity index (χ0) is 18.2. The Kier molecular flexibility index (Phi) is 10.0. The molecule has 0 amide bonds. The number of hydrogen-bond donors (Lipinski definition) is 1. The third kappa shape index (κ3) is 6.81. The average Bonchev–Trinajstić information content (AvgIpc) is 2.99. The van der Waals surface area contributed by atoms with E-state index in [0.29, 0.717) is 18.7 Å². The van der Waals surface area contributed by atoms with Crippen molar-refractivity contribution in [2.24, 2.45) is 4.99 Å². The molecule has 5 nitrogen and oxygen atoms in total. The van der Waals surface area contributed by atoms with Crippen molar-refractivity contribution < 1.29 is 9.13 Å². The fraction of sp³-hybridized carbons (Fsp3) is 0.444. The molecular weight excluding hydrogens is 466 g/mol. The molecule has 26 heavy (non-hydrogen) atoms. The molecule has 1 aromatic heterocycles. The maximum atomic E-state index is 13.7. The predicted octanol–water partition coefficient (Wildman–Crippen LogP) is 3.95. The van der Waals surface area contributed by atoms with Gasteiger partial charge in [-0.2, -0.15) is 0 Å². The zero-order valence-electron chi connectivity index (χ0n) is 15.6. The Balaban J connectivity index is 0.00000338. The Labute approximate surface area is 175 Å². The van der Waals surface area contributed by atoms with E-state index in [1.165, 1.54) is 6.07 Å². The molecule has 144 valence electrons. The number of aromatic nitrogens is 1. The van der Waals surface area contributed by atoms with Gasteiger partial charge in [-0.3, -0.25) is 0 Å². The molecule has 1 heterocycles. The summed E-state index contributed by atoms with van der Waals surface area (Å²) in [4.78, 5) is 11.2. The predicted molar refractivity (Wildman–Crippen MR) is 116 cm³/mol. The molecule has 0 spiro atoms. The van der Waals surface area contributed by atoms with Crippen LogP contribution < -0.4 is 5.32 Å². The number of aliphatic imine (C=N–C) groups is 1. The zero-order valence-corrected chi connectivity index (χ0v) is 18.7. The highest BCUT2D eigenvalue weighted by Gasteiger charge is 2.09. The van der Waals surface area contributed by atoms with Gasteiger partial charge < -0.3 is 15.0 Å². The highest BCUT2D eigenvalue weighted by Crippen LogP contribution is 2.13. The number of methoxy groups -OCH3 is 1. The maximum Gasteiger partial charge on any atom is 0.194 e. The second-order valence-electron chi connectivity index (χ2n) is 5.74. The largest absolute Gasteiger partial charge is 0.380 e. The van der Waals surface area contributed by atoms with Crippen molar-refractivity contribution in [3.8, 4) is 0 Å². The first-order chi connectivity index (χ1) is 12.0. The van der Waals surface area contributed by atoms with Crippen molar-refractivity contribution in [2.45, 2.75) is 33.5 Å². The number of aryl methyl sites for hydroxylation is 1. The number of benzene rings is 1. The molecule has 0 aliphatic carbocycles. The summed E-state index contributed by atoms with van der Waals surface area (Å²) in [6, 6.07) is 5.02. The quantitative estimate of drug-likeness (QED) is 0.361. The third-order valence-electron chi connectivity index (χ3n) is 3.58. The van der Waals surface area contributed by atoms with Gasteiger partial charge in [0.15, 0.2) is 5.96 Å². The highest BCUT2D eigenvalue weighted by molar-refractivity contribution is 14.0. The molecule has 0 fully saturated rings. The molecule has 2 rings (SSSR count). The van der Waals surface area contributed by atoms with Crippen LogP contribution >= 0.6 is 35.3 Å². The minimum Gasteiger partial charge on any atom is -0.380 e. The summed E-state index contributed by atoms with van der Waals surface area (Å²) < 4.78 is 18.7. The van der Waals surface area contributed by atoms with E-state index in [4.69, 9.17) is 4.74 Å². The van der Waals surface area contributed by atoms with E-state index in [2.05, 4.69) is 20.7 Å². The summed E-state index contributed by atoms with van der Waals surface area (Å²) in [5, 5.41) is 6.40. The van der Waals surface area contributed by atoms with Crippen LogP contribution in [0, 0.1) is 12.7 Å². The van der Waals surface area contributed by atoms with Gasteiger partial charge in [0.2, 0.25) is 0 Å². The number of thiazole rings is 1. The van der Waals surface area contributed by atoms with Crippen molar-refractivity contribution in [2.75, 3.05) is 20.7 Å². The van der Waals surface area contributed by atoms with Gasteiger partial charge in [0.05, 0.1) is 30.4 Å². The summed E-state index contributed by atoms with van der Waals surface area (Å²) in [7, 11) is 3.54. The van der Waals surface area contributed by atoms with Crippen LogP contribution in [-0.2, 0) is 24.4 Å². The smallest absolute Gasteiger partial charge is 0.194 e. The Hall–Kier alpha value is -1.26. The molecule has 0 atom stereocenters. The van der Waals surface area contributed by atoms with E-state index < -0.39 is 0 Å². The van der Waals surface area contributed by atoms with E-state index in [9.17, 15) is 4.39 Å². The highest BCUT2D eigenvalue weighted by atomic mass is 127. The van der Waals surface area contributed by atoms with Crippen LogP contribution in [0.3, 0.4) is 0 Å². The summed E-state index contributed by atoms with van der Waals surface area (Å²) in [5.41, 5.74) is 2.52. The van der Waals surface area contributed by atoms with Crippen LogP contribution in [0.25, 0.3) is 0 Å². The Bertz CT molecular complexity index is 723. The molecule has 0 saturated carbocycles. The van der Waals surface area contributed by atoms with Gasteiger partial charge >= 0.3 is 0 Å². The number of rotatable bonds is 7. The molecule has 1 N–H and O–H groups in total. The van der Waals surface area contributed by atoms with Crippen molar-refractivity contribution in [3.05, 3.63) is 51.2 Å². The lowest BCUT2D eigenvalue weighted by atomic mass is 10.1. The SMILES string of the molecule is CCNC(=NCc1ccc(F)c(COC)c1)N(C)Cc1csc(C)n1.I. The number of ether oxygens (including phenoxy) is 1. The van der Waals surface area contributed by atoms with Gasteiger partial charge in [-0.1, -0.05) is 6.07 Å². The fourth-order valence-corrected chi connectivity index (χ4v) is 3.03. The van der Waals surface area contributed by atoms with Crippen LogP contribution in [-0.4, -0.2) is 36.5 Å². The minimum absolute atomic E-state index is 0. The lowest BCUT2D eigenvalue weighted by Gasteiger charge is -2.21. The van der Waals surface area contributed by atoms with Crippen molar-refractivity contribution in [1.82, 2.24) is 15.2 Å². The van der Waals surface area contributed by atoms with Gasteiger partial charge in [0, 0.05) is 31.6 Å². The van der Waals surface area contributed by atoms with E-state index in [0.717, 1.165) is 28.8 Å². The number of hydrogen-bond acceptors (Lipinski definition) is 4. The molecule has 1 aromatic carbocycles. The Morgan fingerprint density at radius 1 is 1.42 bits per heavy atom. The summed E-state index contributed by atoms with van der Waals surface area (Å²) in [5.74, 6) is 0.545. The molecule has 0 aliphatic rings. The van der Waals surface area contributed by atoms with Crippen LogP contribution in [0.5, 0.6) is 0 Å². The first-order valence-corrected chi connectivity index (χ1v) is 9.08. The van der Waals surface area contributed by atoms with Crippen molar-refractivity contribution >= 4 is 41.3 Å². The fourth-order valence-electron chi connectivity index (χ4n) is 2.43. The van der Waals surface area contributed by atoms with Gasteiger partial charge in [0.1, 0.15) is 5.82 Å². The van der Waals surface area contributed by atoms with E-state index in [-0.39, 0.29) is 36.4 Å². The Morgan fingerprint density at radius 3 is 2.81 bits per heavy atom. The number of halogens is 2. The lowest BCUT2D eigenvalue weighted by molar-refractivity contribution is 0.181. The van der Waals surface area contributed by atoms with Crippen LogP contribution in [0.4, 0.5) is 4.39 Å². The second kappa shape index (κ2) is 11.5. The van der Waals surface area contributed by atoms with E-state index in [1.807, 2.05) is 25.8 Å². The monoisotopic (exact) mass is 492 g/mol. The first-order valence-electron chi connectivity index (χ1n) is 8.20. The number of guanidine groups is 1. The molecule has 2 aromatic rings. The van der Waals surface area contributed by atoms with Gasteiger partial charge in [-0.15, -0.1) is 35.3 Å². The van der Waals surface area contributed by atoms with Crippen LogP contribution in [0.1, 0.15) is 28.8 Å². The third-order valence-corrected chi connectivity index (χ3v) is 4.41.